The number of rotatable bonds is 9. The SMILES string of the molecule is Br.CC1=C(C(=O)OC(C)C)C(c2cccc([N+](=O)[O-])c2)C(C(=O)OC2CN(C(c3ccccc3)c3ccccc3)C2)=C(N)N1. The third-order valence-electron chi connectivity index (χ3n) is 7.54. The molecule has 2 aliphatic rings. The van der Waals surface area contributed by atoms with Gasteiger partial charge in [-0.1, -0.05) is 72.8 Å². The molecule has 1 fully saturated rings. The van der Waals surface area contributed by atoms with Crippen LogP contribution in [-0.2, 0) is 19.1 Å². The summed E-state index contributed by atoms with van der Waals surface area (Å²) in [6.07, 6.45) is -0.855. The number of carbonyl (C=O) groups is 2. The minimum atomic E-state index is -1.03. The fourth-order valence-corrected chi connectivity index (χ4v) is 5.64. The smallest absolute Gasteiger partial charge is 0.339 e. The molecule has 2 aliphatic heterocycles. The Labute approximate surface area is 266 Å². The van der Waals surface area contributed by atoms with Crippen LogP contribution in [0.5, 0.6) is 0 Å². The van der Waals surface area contributed by atoms with Crippen molar-refractivity contribution in [3.8, 4) is 0 Å². The fourth-order valence-electron chi connectivity index (χ4n) is 5.64. The first-order valence-electron chi connectivity index (χ1n) is 14.1. The lowest BCUT2D eigenvalue weighted by atomic mass is 9.81. The minimum Gasteiger partial charge on any atom is -0.460 e. The monoisotopic (exact) mass is 662 g/mol. The molecular formula is C33H35BrN4O6. The molecule has 230 valence electrons. The second kappa shape index (κ2) is 13.9. The molecule has 1 saturated heterocycles. The largest absolute Gasteiger partial charge is 0.460 e. The number of ether oxygens (including phenoxy) is 2. The molecule has 5 rings (SSSR count). The highest BCUT2D eigenvalue weighted by atomic mass is 79.9. The van der Waals surface area contributed by atoms with E-state index in [-0.39, 0.29) is 45.7 Å². The van der Waals surface area contributed by atoms with Crippen LogP contribution >= 0.6 is 17.0 Å². The van der Waals surface area contributed by atoms with Crippen LogP contribution in [0.2, 0.25) is 0 Å². The predicted octanol–water partition coefficient (Wildman–Crippen LogP) is 5.27. The van der Waals surface area contributed by atoms with Gasteiger partial charge in [-0.25, -0.2) is 9.59 Å². The van der Waals surface area contributed by atoms with Crippen LogP contribution in [0.1, 0.15) is 49.4 Å². The van der Waals surface area contributed by atoms with Crippen molar-refractivity contribution in [2.45, 2.75) is 44.9 Å². The predicted molar refractivity (Wildman–Crippen MR) is 171 cm³/mol. The summed E-state index contributed by atoms with van der Waals surface area (Å²) < 4.78 is 11.5. The van der Waals surface area contributed by atoms with Crippen molar-refractivity contribution >= 4 is 34.6 Å². The van der Waals surface area contributed by atoms with E-state index >= 15 is 0 Å². The van der Waals surface area contributed by atoms with Crippen molar-refractivity contribution < 1.29 is 24.0 Å². The Hall–Kier alpha value is -4.48. The number of likely N-dealkylation sites (tertiary alicyclic amines) is 1. The van der Waals surface area contributed by atoms with Gasteiger partial charge in [0.05, 0.1) is 34.1 Å². The molecule has 3 N–H and O–H groups in total. The number of esters is 2. The molecule has 0 aromatic heterocycles. The lowest BCUT2D eigenvalue weighted by Crippen LogP contribution is -2.54. The number of dihydropyridines is 1. The van der Waals surface area contributed by atoms with Crippen molar-refractivity contribution in [2.24, 2.45) is 5.73 Å². The highest BCUT2D eigenvalue weighted by molar-refractivity contribution is 8.93. The zero-order valence-electron chi connectivity index (χ0n) is 24.6. The summed E-state index contributed by atoms with van der Waals surface area (Å²) in [6, 6.07) is 26.0. The number of non-ortho nitro benzene ring substituents is 1. The maximum absolute atomic E-state index is 13.8. The van der Waals surface area contributed by atoms with Crippen molar-refractivity contribution in [3.05, 3.63) is 134 Å². The zero-order valence-corrected chi connectivity index (χ0v) is 26.3. The van der Waals surface area contributed by atoms with Gasteiger partial charge >= 0.3 is 11.9 Å². The van der Waals surface area contributed by atoms with Gasteiger partial charge in [0.25, 0.3) is 5.69 Å². The average Bonchev–Trinajstić information content (AvgIpc) is 2.96. The van der Waals surface area contributed by atoms with Crippen LogP contribution in [-0.4, -0.2) is 47.1 Å². The van der Waals surface area contributed by atoms with E-state index in [9.17, 15) is 19.7 Å². The van der Waals surface area contributed by atoms with E-state index in [2.05, 4.69) is 34.5 Å². The number of benzene rings is 3. The molecule has 11 heteroatoms. The number of nitrogens with zero attached hydrogens (tertiary/aromatic N) is 2. The molecule has 2 heterocycles. The van der Waals surface area contributed by atoms with Gasteiger partial charge in [0.2, 0.25) is 0 Å². The van der Waals surface area contributed by atoms with Gasteiger partial charge in [-0.2, -0.15) is 0 Å². The molecule has 3 aromatic carbocycles. The lowest BCUT2D eigenvalue weighted by Gasteiger charge is -2.44. The van der Waals surface area contributed by atoms with Crippen LogP contribution in [0.25, 0.3) is 0 Å². The lowest BCUT2D eigenvalue weighted by molar-refractivity contribution is -0.384. The van der Waals surface area contributed by atoms with Crippen LogP contribution in [0.3, 0.4) is 0 Å². The summed E-state index contributed by atoms with van der Waals surface area (Å²) in [5.74, 6) is -2.37. The molecule has 0 aliphatic carbocycles. The Morgan fingerprint density at radius 2 is 1.52 bits per heavy atom. The second-order valence-electron chi connectivity index (χ2n) is 10.9. The van der Waals surface area contributed by atoms with Crippen LogP contribution in [0.15, 0.2) is 108 Å². The van der Waals surface area contributed by atoms with E-state index in [1.165, 1.54) is 18.2 Å². The Morgan fingerprint density at radius 3 is 2.07 bits per heavy atom. The standard InChI is InChI=1S/C33H34N4O6.BrH/c1-20(2)42-32(38)27-21(3)35-31(34)29(28(27)24-15-10-16-25(17-24)37(40)41)33(39)43-26-18-36(19-26)30(22-11-6-4-7-12-22)23-13-8-5-9-14-23;/h4-17,20,26,28,30,35H,18-19,34H2,1-3H3;1H. The first-order chi connectivity index (χ1) is 20.6. The van der Waals surface area contributed by atoms with E-state index in [1.807, 2.05) is 36.4 Å². The van der Waals surface area contributed by atoms with Crippen LogP contribution < -0.4 is 11.1 Å². The fraction of sp³-hybridized carbons (Fsp3) is 0.273. The molecule has 0 spiro atoms. The average molecular weight is 664 g/mol. The normalized spacial score (nSPS) is 17.1. The van der Waals surface area contributed by atoms with Gasteiger partial charge in [0.15, 0.2) is 0 Å². The van der Waals surface area contributed by atoms with Gasteiger partial charge in [-0.3, -0.25) is 15.0 Å². The number of nitro groups is 1. The van der Waals surface area contributed by atoms with Gasteiger partial charge in [-0.15, -0.1) is 17.0 Å². The summed E-state index contributed by atoms with van der Waals surface area (Å²) in [5.41, 5.74) is 9.31. The van der Waals surface area contributed by atoms with Crippen LogP contribution in [0, 0.1) is 10.1 Å². The van der Waals surface area contributed by atoms with E-state index in [0.29, 0.717) is 24.4 Å². The summed E-state index contributed by atoms with van der Waals surface area (Å²) in [5, 5.41) is 14.5. The third-order valence-corrected chi connectivity index (χ3v) is 7.54. The molecule has 1 unspecified atom stereocenters. The Morgan fingerprint density at radius 1 is 0.932 bits per heavy atom. The van der Waals surface area contributed by atoms with Gasteiger partial charge in [0, 0.05) is 30.9 Å². The Balaban J connectivity index is 0.00000442. The van der Waals surface area contributed by atoms with Crippen molar-refractivity contribution in [1.29, 1.82) is 0 Å². The van der Waals surface area contributed by atoms with Crippen molar-refractivity contribution in [2.75, 3.05) is 13.1 Å². The summed E-state index contributed by atoms with van der Waals surface area (Å²) in [6.45, 7) is 6.05. The molecule has 44 heavy (non-hydrogen) atoms. The summed E-state index contributed by atoms with van der Waals surface area (Å²) in [7, 11) is 0. The highest BCUT2D eigenvalue weighted by Gasteiger charge is 2.42. The Kier molecular flexibility index (Phi) is 10.2. The molecule has 0 amide bonds. The number of nitrogens with one attached hydrogen (secondary N) is 1. The van der Waals surface area contributed by atoms with E-state index in [4.69, 9.17) is 15.2 Å². The molecule has 1 atom stereocenters. The van der Waals surface area contributed by atoms with E-state index in [1.54, 1.807) is 26.8 Å². The molecule has 0 saturated carbocycles. The number of nitro benzene ring substituents is 1. The number of hydrogen-bond acceptors (Lipinski definition) is 9. The van der Waals surface area contributed by atoms with E-state index < -0.39 is 35.0 Å². The van der Waals surface area contributed by atoms with E-state index in [0.717, 1.165) is 11.1 Å². The molecule has 3 aromatic rings. The maximum atomic E-state index is 13.8. The summed E-state index contributed by atoms with van der Waals surface area (Å²) >= 11 is 0. The molecular weight excluding hydrogens is 628 g/mol. The van der Waals surface area contributed by atoms with Crippen molar-refractivity contribution in [1.82, 2.24) is 10.2 Å². The number of allylic oxidation sites excluding steroid dienone is 1. The van der Waals surface area contributed by atoms with Crippen LogP contribution in [0.4, 0.5) is 5.69 Å². The topological polar surface area (TPSA) is 137 Å². The number of carbonyl (C=O) groups excluding carboxylic acids is 2. The Bertz CT molecular complexity index is 1550. The minimum absolute atomic E-state index is 0. The van der Waals surface area contributed by atoms with Gasteiger partial charge < -0.3 is 20.5 Å². The number of nitrogens with two attached hydrogens (primary N) is 1. The van der Waals surface area contributed by atoms with Gasteiger partial charge in [-0.05, 0) is 37.5 Å². The first kappa shape index (κ1) is 32.4. The highest BCUT2D eigenvalue weighted by Crippen LogP contribution is 2.40. The third kappa shape index (κ3) is 6.84. The van der Waals surface area contributed by atoms with Crippen molar-refractivity contribution in [3.63, 3.8) is 0 Å². The quantitative estimate of drug-likeness (QED) is 0.178. The van der Waals surface area contributed by atoms with Gasteiger partial charge in [0.1, 0.15) is 11.9 Å². The zero-order chi connectivity index (χ0) is 30.7. The first-order valence-corrected chi connectivity index (χ1v) is 14.1. The number of hydrogen-bond donors (Lipinski definition) is 2. The molecule has 0 bridgehead atoms. The molecule has 10 nitrogen and oxygen atoms in total. The maximum Gasteiger partial charge on any atom is 0.339 e. The molecule has 0 radical (unpaired) electrons. The summed E-state index contributed by atoms with van der Waals surface area (Å²) in [4.78, 5) is 40.4. The number of halogens is 1. The second-order valence-corrected chi connectivity index (χ2v) is 10.9.